The predicted molar refractivity (Wildman–Crippen MR) is 76.0 cm³/mol. The second-order valence-electron chi connectivity index (χ2n) is 4.31. The van der Waals surface area contributed by atoms with Gasteiger partial charge in [0.1, 0.15) is 0 Å². The number of hydrogen-bond donors (Lipinski definition) is 1. The molecule has 4 heteroatoms. The standard InChI is InChI=1S/C15H23NO3/c1-5-11(4)16-15(17)12-8-9-13(18-6-2)14(10-12)19-7-3/h8-11H,5-7H2,1-4H3,(H,16,17)/t11-/m0/s1. The van der Waals surface area contributed by atoms with Crippen LogP contribution >= 0.6 is 0 Å². The lowest BCUT2D eigenvalue weighted by Gasteiger charge is -2.14. The van der Waals surface area contributed by atoms with Crippen LogP contribution in [0.25, 0.3) is 0 Å². The summed E-state index contributed by atoms with van der Waals surface area (Å²) >= 11 is 0. The Morgan fingerprint density at radius 2 is 1.79 bits per heavy atom. The number of benzene rings is 1. The normalized spacial score (nSPS) is 11.8. The highest BCUT2D eigenvalue weighted by Crippen LogP contribution is 2.28. The van der Waals surface area contributed by atoms with E-state index in [0.29, 0.717) is 30.3 Å². The molecule has 19 heavy (non-hydrogen) atoms. The Hall–Kier alpha value is -1.71. The molecule has 0 aliphatic heterocycles. The highest BCUT2D eigenvalue weighted by molar-refractivity contribution is 5.95. The Bertz CT molecular complexity index is 418. The van der Waals surface area contributed by atoms with Gasteiger partial charge in [-0.05, 0) is 45.4 Å². The fourth-order valence-corrected chi connectivity index (χ4v) is 1.60. The second-order valence-corrected chi connectivity index (χ2v) is 4.31. The monoisotopic (exact) mass is 265 g/mol. The van der Waals surface area contributed by atoms with Crippen molar-refractivity contribution in [1.82, 2.24) is 5.32 Å². The van der Waals surface area contributed by atoms with Crippen molar-refractivity contribution in [3.05, 3.63) is 23.8 Å². The number of nitrogens with one attached hydrogen (secondary N) is 1. The molecule has 0 aliphatic rings. The Kier molecular flexibility index (Phi) is 6.19. The Morgan fingerprint density at radius 3 is 2.37 bits per heavy atom. The molecule has 1 rings (SSSR count). The Morgan fingerprint density at radius 1 is 1.16 bits per heavy atom. The number of ether oxygens (including phenoxy) is 2. The topological polar surface area (TPSA) is 47.6 Å². The highest BCUT2D eigenvalue weighted by atomic mass is 16.5. The number of carbonyl (C=O) groups is 1. The lowest BCUT2D eigenvalue weighted by atomic mass is 10.1. The van der Waals surface area contributed by atoms with E-state index < -0.39 is 0 Å². The third kappa shape index (κ3) is 4.47. The van der Waals surface area contributed by atoms with Gasteiger partial charge in [-0.2, -0.15) is 0 Å². The molecule has 1 aromatic rings. The highest BCUT2D eigenvalue weighted by Gasteiger charge is 2.12. The fourth-order valence-electron chi connectivity index (χ4n) is 1.60. The Labute approximate surface area is 115 Å². The van der Waals surface area contributed by atoms with E-state index in [1.54, 1.807) is 18.2 Å². The van der Waals surface area contributed by atoms with Crippen LogP contribution < -0.4 is 14.8 Å². The van der Waals surface area contributed by atoms with Crippen molar-refractivity contribution in [2.45, 2.75) is 40.2 Å². The molecule has 0 saturated heterocycles. The van der Waals surface area contributed by atoms with Crippen molar-refractivity contribution in [3.63, 3.8) is 0 Å². The molecule has 0 aromatic heterocycles. The molecule has 4 nitrogen and oxygen atoms in total. The van der Waals surface area contributed by atoms with Gasteiger partial charge in [0.05, 0.1) is 13.2 Å². The number of carbonyl (C=O) groups excluding carboxylic acids is 1. The molecule has 0 heterocycles. The van der Waals surface area contributed by atoms with E-state index in [9.17, 15) is 4.79 Å². The average molecular weight is 265 g/mol. The van der Waals surface area contributed by atoms with Gasteiger partial charge >= 0.3 is 0 Å². The van der Waals surface area contributed by atoms with E-state index in [0.717, 1.165) is 6.42 Å². The summed E-state index contributed by atoms with van der Waals surface area (Å²) in [5.41, 5.74) is 0.590. The van der Waals surface area contributed by atoms with Crippen LogP contribution in [-0.2, 0) is 0 Å². The van der Waals surface area contributed by atoms with Crippen LogP contribution in [0.15, 0.2) is 18.2 Å². The van der Waals surface area contributed by atoms with Gasteiger partial charge in [0, 0.05) is 11.6 Å². The van der Waals surface area contributed by atoms with Crippen LogP contribution in [0, 0.1) is 0 Å². The van der Waals surface area contributed by atoms with Crippen molar-refractivity contribution < 1.29 is 14.3 Å². The first-order valence-corrected chi connectivity index (χ1v) is 6.82. The van der Waals surface area contributed by atoms with Gasteiger partial charge in [0.15, 0.2) is 11.5 Å². The summed E-state index contributed by atoms with van der Waals surface area (Å²) in [6, 6.07) is 5.42. The zero-order chi connectivity index (χ0) is 14.3. The molecule has 0 bridgehead atoms. The average Bonchev–Trinajstić information content (AvgIpc) is 2.41. The zero-order valence-electron chi connectivity index (χ0n) is 12.2. The molecule has 1 atom stereocenters. The molecule has 1 N–H and O–H groups in total. The van der Waals surface area contributed by atoms with Crippen LogP contribution in [-0.4, -0.2) is 25.2 Å². The SMILES string of the molecule is CCOc1ccc(C(=O)N[C@@H](C)CC)cc1OCC. The van der Waals surface area contributed by atoms with Crippen molar-refractivity contribution in [1.29, 1.82) is 0 Å². The third-order valence-electron chi connectivity index (χ3n) is 2.80. The van der Waals surface area contributed by atoms with Crippen LogP contribution in [0.1, 0.15) is 44.5 Å². The molecule has 0 spiro atoms. The summed E-state index contributed by atoms with van der Waals surface area (Å²) in [4.78, 5) is 12.0. The van der Waals surface area contributed by atoms with Gasteiger partial charge in [-0.25, -0.2) is 0 Å². The predicted octanol–water partition coefficient (Wildman–Crippen LogP) is 3.01. The largest absolute Gasteiger partial charge is 0.490 e. The van der Waals surface area contributed by atoms with Crippen LogP contribution in [0.3, 0.4) is 0 Å². The molecular formula is C15H23NO3. The summed E-state index contributed by atoms with van der Waals surface area (Å²) in [5.74, 6) is 1.20. The molecule has 0 radical (unpaired) electrons. The quantitative estimate of drug-likeness (QED) is 0.824. The lowest BCUT2D eigenvalue weighted by molar-refractivity contribution is 0.0938. The molecule has 0 saturated carbocycles. The maximum absolute atomic E-state index is 12.0. The van der Waals surface area contributed by atoms with E-state index >= 15 is 0 Å². The minimum absolute atomic E-state index is 0.0849. The van der Waals surface area contributed by atoms with Gasteiger partial charge in [-0.15, -0.1) is 0 Å². The van der Waals surface area contributed by atoms with Crippen molar-refractivity contribution >= 4 is 5.91 Å². The maximum Gasteiger partial charge on any atom is 0.251 e. The van der Waals surface area contributed by atoms with Crippen LogP contribution in [0.5, 0.6) is 11.5 Å². The van der Waals surface area contributed by atoms with E-state index in [1.165, 1.54) is 0 Å². The molecule has 1 aromatic carbocycles. The molecule has 106 valence electrons. The first kappa shape index (κ1) is 15.3. The van der Waals surface area contributed by atoms with Crippen LogP contribution in [0.2, 0.25) is 0 Å². The van der Waals surface area contributed by atoms with Crippen molar-refractivity contribution in [2.24, 2.45) is 0 Å². The second kappa shape index (κ2) is 7.67. The summed E-state index contributed by atoms with van der Waals surface area (Å²) < 4.78 is 11.0. The number of amides is 1. The summed E-state index contributed by atoms with van der Waals surface area (Å²) in [5, 5.41) is 2.93. The molecule has 0 aliphatic carbocycles. The smallest absolute Gasteiger partial charge is 0.251 e. The van der Waals surface area contributed by atoms with Crippen molar-refractivity contribution in [2.75, 3.05) is 13.2 Å². The van der Waals surface area contributed by atoms with Crippen LogP contribution in [0.4, 0.5) is 0 Å². The van der Waals surface area contributed by atoms with E-state index in [4.69, 9.17) is 9.47 Å². The fraction of sp³-hybridized carbons (Fsp3) is 0.533. The van der Waals surface area contributed by atoms with Gasteiger partial charge in [0.2, 0.25) is 0 Å². The first-order valence-electron chi connectivity index (χ1n) is 6.82. The van der Waals surface area contributed by atoms with E-state index in [2.05, 4.69) is 5.32 Å². The summed E-state index contributed by atoms with van der Waals surface area (Å²) in [6.07, 6.45) is 0.904. The minimum Gasteiger partial charge on any atom is -0.490 e. The summed E-state index contributed by atoms with van der Waals surface area (Å²) in [7, 11) is 0. The van der Waals surface area contributed by atoms with E-state index in [-0.39, 0.29) is 11.9 Å². The summed E-state index contributed by atoms with van der Waals surface area (Å²) in [6.45, 7) is 8.95. The number of rotatable bonds is 7. The number of hydrogen-bond acceptors (Lipinski definition) is 3. The van der Waals surface area contributed by atoms with Gasteiger partial charge in [-0.3, -0.25) is 4.79 Å². The van der Waals surface area contributed by atoms with Crippen molar-refractivity contribution in [3.8, 4) is 11.5 Å². The first-order chi connectivity index (χ1) is 9.12. The van der Waals surface area contributed by atoms with Gasteiger partial charge in [-0.1, -0.05) is 6.92 Å². The molecule has 1 amide bonds. The third-order valence-corrected chi connectivity index (χ3v) is 2.80. The maximum atomic E-state index is 12.0. The van der Waals surface area contributed by atoms with Gasteiger partial charge in [0.25, 0.3) is 5.91 Å². The van der Waals surface area contributed by atoms with Gasteiger partial charge < -0.3 is 14.8 Å². The minimum atomic E-state index is -0.0849. The molecule has 0 unspecified atom stereocenters. The molecular weight excluding hydrogens is 242 g/mol. The zero-order valence-corrected chi connectivity index (χ0v) is 12.2. The molecule has 0 fully saturated rings. The van der Waals surface area contributed by atoms with E-state index in [1.807, 2.05) is 27.7 Å². The Balaban J connectivity index is 2.90. The lowest BCUT2D eigenvalue weighted by Crippen LogP contribution is -2.31.